The van der Waals surface area contributed by atoms with Crippen molar-refractivity contribution in [1.29, 1.82) is 0 Å². The van der Waals surface area contributed by atoms with E-state index < -0.39 is 64.3 Å². The molecule has 12 heterocycles. The zero-order valence-corrected chi connectivity index (χ0v) is 57.9. The van der Waals surface area contributed by atoms with Gasteiger partial charge in [-0.15, -0.1) is 45.3 Å². The van der Waals surface area contributed by atoms with Crippen molar-refractivity contribution >= 4 is 166 Å². The van der Waals surface area contributed by atoms with E-state index in [2.05, 4.69) is 80.2 Å². The van der Waals surface area contributed by atoms with E-state index in [1.807, 2.05) is 55.5 Å². The molecular formula is C66H44ClF3N20O12S4. The smallest absolute Gasteiger partial charge is 0.416 e. The second-order valence-corrected chi connectivity index (χ2v) is 27.5. The molecule has 0 bridgehead atoms. The summed E-state index contributed by atoms with van der Waals surface area (Å²) in [6.45, 7) is 2.26. The van der Waals surface area contributed by atoms with Crippen LogP contribution in [0.5, 0.6) is 0 Å². The number of fused-ring (bicyclic) bond motifs is 8. The van der Waals surface area contributed by atoms with Crippen LogP contribution < -0.4 is 22.2 Å². The lowest BCUT2D eigenvalue weighted by molar-refractivity contribution is -0.138. The van der Waals surface area contributed by atoms with Gasteiger partial charge in [0, 0.05) is 54.6 Å². The number of aromatic nitrogens is 20. The molecule has 106 heavy (non-hydrogen) atoms. The largest absolute Gasteiger partial charge is 0.481 e. The van der Waals surface area contributed by atoms with Gasteiger partial charge in [-0.2, -0.15) is 33.6 Å². The summed E-state index contributed by atoms with van der Waals surface area (Å²) in [5.41, 5.74) is 2.64. The highest BCUT2D eigenvalue weighted by atomic mass is 35.5. The molecule has 0 radical (unpaired) electrons. The zero-order chi connectivity index (χ0) is 74.7. The van der Waals surface area contributed by atoms with Crippen LogP contribution in [0.2, 0.25) is 5.02 Å². The number of thiazole rings is 4. The molecule has 0 atom stereocenters. The highest BCUT2D eigenvalue weighted by molar-refractivity contribution is 7.19. The third-order valence-electron chi connectivity index (χ3n) is 15.1. The topological polar surface area (TPSA) is 443 Å². The van der Waals surface area contributed by atoms with E-state index in [0.29, 0.717) is 29.8 Å². The Hall–Kier alpha value is -12.7. The van der Waals surface area contributed by atoms with Gasteiger partial charge in [-0.3, -0.25) is 58.3 Å². The Morgan fingerprint density at radius 2 is 0.679 bits per heavy atom. The fourth-order valence-electron chi connectivity index (χ4n) is 10.6. The molecule has 0 aliphatic rings. The molecule has 0 amide bonds. The first kappa shape index (κ1) is 71.7. The monoisotopic (exact) mass is 1530 g/mol. The number of carboxylic acid groups (broad SMARTS) is 4. The maximum atomic E-state index is 12.9. The molecule has 0 aliphatic carbocycles. The molecule has 0 fully saturated rings. The van der Waals surface area contributed by atoms with Crippen LogP contribution in [0.1, 0.15) is 53.9 Å². The first-order chi connectivity index (χ1) is 50.8. The Morgan fingerprint density at radius 1 is 0.387 bits per heavy atom. The predicted octanol–water partition coefficient (Wildman–Crippen LogP) is 7.87. The maximum absolute atomic E-state index is 12.9. The maximum Gasteiger partial charge on any atom is 0.416 e. The number of para-hydroxylation sites is 1. The van der Waals surface area contributed by atoms with Gasteiger partial charge >= 0.3 is 30.1 Å². The van der Waals surface area contributed by atoms with Crippen LogP contribution in [0.3, 0.4) is 0 Å². The quantitative estimate of drug-likeness (QED) is 0.0714. The van der Waals surface area contributed by atoms with E-state index in [4.69, 9.17) is 32.0 Å². The molecule has 0 aliphatic heterocycles. The van der Waals surface area contributed by atoms with Crippen molar-refractivity contribution in [2.45, 2.75) is 65.0 Å². The lowest BCUT2D eigenvalue weighted by atomic mass is 10.2. The van der Waals surface area contributed by atoms with Crippen molar-refractivity contribution in [2.75, 3.05) is 0 Å². The van der Waals surface area contributed by atoms with E-state index in [-0.39, 0.29) is 118 Å². The van der Waals surface area contributed by atoms with Crippen LogP contribution in [-0.4, -0.2) is 143 Å². The van der Waals surface area contributed by atoms with E-state index in [0.717, 1.165) is 64.4 Å². The minimum atomic E-state index is -4.49. The predicted molar refractivity (Wildman–Crippen MR) is 381 cm³/mol. The van der Waals surface area contributed by atoms with Gasteiger partial charge in [0.05, 0.1) is 98.3 Å². The number of aryl methyl sites for hydroxylation is 1. The molecule has 0 unspecified atom stereocenters. The van der Waals surface area contributed by atoms with Crippen molar-refractivity contribution < 1.29 is 52.8 Å². The minimum Gasteiger partial charge on any atom is -0.481 e. The van der Waals surface area contributed by atoms with Gasteiger partial charge in [-0.25, -0.2) is 58.6 Å². The Bertz CT molecular complexity index is 6240. The molecule has 4 aromatic carbocycles. The third kappa shape index (κ3) is 16.1. The van der Waals surface area contributed by atoms with Gasteiger partial charge in [-0.1, -0.05) is 29.8 Å². The average Bonchev–Trinajstić information content (AvgIpc) is 1.22. The number of alkyl halides is 3. The second-order valence-electron chi connectivity index (χ2n) is 22.6. The number of halogens is 4. The first-order valence-corrected chi connectivity index (χ1v) is 34.4. The van der Waals surface area contributed by atoms with Crippen molar-refractivity contribution in [3.63, 3.8) is 0 Å². The molecule has 4 N–H and O–H groups in total. The fourth-order valence-corrected chi connectivity index (χ4v) is 14.5. The molecule has 0 spiro atoms. The second kappa shape index (κ2) is 30.3. The van der Waals surface area contributed by atoms with Gasteiger partial charge in [0.1, 0.15) is 64.9 Å². The lowest BCUT2D eigenvalue weighted by Gasteiger charge is -2.07. The average molecular weight is 1530 g/mol. The fraction of sp³-hybridized carbons (Fsp3) is 0.152. The van der Waals surface area contributed by atoms with E-state index in [1.54, 1.807) is 12.1 Å². The van der Waals surface area contributed by atoms with E-state index in [1.165, 1.54) is 104 Å². The molecule has 0 saturated carbocycles. The molecule has 32 nitrogen and oxygen atoms in total. The lowest BCUT2D eigenvalue weighted by Crippen LogP contribution is -2.27. The Morgan fingerprint density at radius 3 is 1.02 bits per heavy atom. The molecule has 532 valence electrons. The molecule has 16 rings (SSSR count). The summed E-state index contributed by atoms with van der Waals surface area (Å²) in [5, 5.41) is 56.0. The number of rotatable bonds is 16. The minimum absolute atomic E-state index is 0.0424. The van der Waals surface area contributed by atoms with Crippen molar-refractivity contribution in [3.05, 3.63) is 229 Å². The Balaban J connectivity index is 0.000000125. The van der Waals surface area contributed by atoms with Crippen LogP contribution in [-0.2, 0) is 77.2 Å². The summed E-state index contributed by atoms with van der Waals surface area (Å²) >= 11 is 11.4. The normalized spacial score (nSPS) is 11.4. The summed E-state index contributed by atoms with van der Waals surface area (Å²) in [7, 11) is 0. The van der Waals surface area contributed by atoms with Crippen molar-refractivity contribution in [1.82, 2.24) is 98.9 Å². The number of hydrogen-bond acceptors (Lipinski definition) is 28. The summed E-state index contributed by atoms with van der Waals surface area (Å²) < 4.78 is 46.7. The third-order valence-corrected chi connectivity index (χ3v) is 19.4. The SMILES string of the molecule is Cc1ccc2sc(Cn3nc(CC(=O)O)c4nccnc4c3=O)nc2c1.O=C(O)Cc1nn(Cc2nc3cc(C(F)(F)F)ccc3s2)c(=O)c2nccnc12.O=C(O)Cc1nn(Cc2nc3cc(Cl)ccc3s2)c(=O)c2nccnc12.O=C(O)Cc1nn(Cc2nc3ccccc3s2)c(=O)c2nccnc12. The summed E-state index contributed by atoms with van der Waals surface area (Å²) in [6, 6.07) is 22.2. The highest BCUT2D eigenvalue weighted by Crippen LogP contribution is 2.34. The van der Waals surface area contributed by atoms with Gasteiger partial charge in [0.2, 0.25) is 0 Å². The van der Waals surface area contributed by atoms with Gasteiger partial charge < -0.3 is 20.4 Å². The Labute approximate surface area is 607 Å². The van der Waals surface area contributed by atoms with Crippen LogP contribution in [0, 0.1) is 6.92 Å². The van der Waals surface area contributed by atoms with E-state index in [9.17, 15) is 51.5 Å². The molecular weight excluding hydrogens is 1490 g/mol. The number of benzene rings is 4. The number of carbonyl (C=O) groups is 4. The molecule has 12 aromatic heterocycles. The first-order valence-electron chi connectivity index (χ1n) is 30.8. The van der Waals surface area contributed by atoms with Crippen LogP contribution in [0.25, 0.3) is 85.0 Å². The Kier molecular flexibility index (Phi) is 20.5. The molecule has 0 saturated heterocycles. The van der Waals surface area contributed by atoms with Gasteiger partial charge in [-0.05, 0) is 73.2 Å². The van der Waals surface area contributed by atoms with Crippen molar-refractivity contribution in [2.24, 2.45) is 0 Å². The number of aliphatic carboxylic acids is 4. The van der Waals surface area contributed by atoms with Gasteiger partial charge in [0.15, 0.2) is 22.1 Å². The van der Waals surface area contributed by atoms with E-state index >= 15 is 0 Å². The number of hydrogen-bond donors (Lipinski definition) is 4. The molecule has 40 heteroatoms. The van der Waals surface area contributed by atoms with Crippen LogP contribution in [0.15, 0.2) is 148 Å². The van der Waals surface area contributed by atoms with Crippen molar-refractivity contribution in [3.8, 4) is 0 Å². The molecule has 16 aromatic rings. The van der Waals surface area contributed by atoms with Crippen LogP contribution in [0.4, 0.5) is 13.2 Å². The summed E-state index contributed by atoms with van der Waals surface area (Å²) in [6.07, 6.45) is 5.05. The number of carboxylic acids is 4. The standard InChI is InChI=1S/C17H10F3N5O3S.C17H13N5O3S.C16H10ClN5O3S.C16H11N5O3S/c18-17(19,20)8-1-2-11-9(5-8)23-12(29-11)7-25-16(28)15-14(21-3-4-22-15)10(24-25)6-13(26)27;1-9-2-3-12-10(6-9)20-13(26-12)8-22-17(25)16-15(18-4-5-19-16)11(21-22)7-14(23)24;17-8-1-2-11-9(5-8)20-12(26-11)7-22-16(25)15-14(18-3-4-19-15)10(21-22)6-13(23)24;22-13(23)7-10-14-15(18-6-5-17-14)16(24)21(20-10)8-12-19-9-3-1-2-4-11(9)25-12/h1-5H,6-7H2,(H,26,27);2-6H,7-8H2,1H3,(H,23,24);1-5H,6-7H2,(H,23,24);1-6H,7-8H2,(H,22,23). The summed E-state index contributed by atoms with van der Waals surface area (Å²) in [5.74, 6) is -4.33. The highest BCUT2D eigenvalue weighted by Gasteiger charge is 2.31. The summed E-state index contributed by atoms with van der Waals surface area (Å²) in [4.78, 5) is 145. The van der Waals surface area contributed by atoms with Gasteiger partial charge in [0.25, 0.3) is 22.2 Å². The van der Waals surface area contributed by atoms with Crippen LogP contribution >= 0.6 is 56.9 Å². The number of nitrogens with zero attached hydrogens (tertiary/aromatic N) is 20. The zero-order valence-electron chi connectivity index (χ0n) is 53.9.